The van der Waals surface area contributed by atoms with E-state index >= 15 is 0 Å². The second-order valence-corrected chi connectivity index (χ2v) is 6.46. The zero-order valence-corrected chi connectivity index (χ0v) is 15.7. The molecule has 0 aliphatic rings. The van der Waals surface area contributed by atoms with Crippen molar-refractivity contribution in [2.45, 2.75) is 6.92 Å². The predicted molar refractivity (Wildman–Crippen MR) is 118 cm³/mol. The van der Waals surface area contributed by atoms with Gasteiger partial charge in [0.2, 0.25) is 0 Å². The molecule has 0 aliphatic heterocycles. The fraction of sp³-hybridized carbons (Fsp3) is 0.0370. The molecule has 0 atom stereocenters. The summed E-state index contributed by atoms with van der Waals surface area (Å²) in [7, 11) is 0. The standard InChI is InChI=1S/C15H14.C12H10/c1-12(2)14-9-6-10-15(11-14)13-7-4-3-5-8-13;1-3-7-11(8-4-1)12-9-5-2-6-10-12/h3-11H,1H2,2H3;1-10H. The maximum absolute atomic E-state index is 3.96. The molecule has 0 unspecified atom stereocenters. The van der Waals surface area contributed by atoms with Gasteiger partial charge in [-0.25, -0.2) is 0 Å². The van der Waals surface area contributed by atoms with E-state index in [1.54, 1.807) is 0 Å². The highest BCUT2D eigenvalue weighted by Gasteiger charge is 1.98. The number of allylic oxidation sites excluding steroid dienone is 1. The third-order valence-electron chi connectivity index (χ3n) is 4.34. The molecule has 0 spiro atoms. The first kappa shape index (κ1) is 18.4. The summed E-state index contributed by atoms with van der Waals surface area (Å²) in [6, 6.07) is 39.6. The first-order valence-corrected chi connectivity index (χ1v) is 9.16. The molecule has 0 saturated carbocycles. The summed E-state index contributed by atoms with van der Waals surface area (Å²) in [5, 5.41) is 0. The molecule has 4 rings (SSSR count). The summed E-state index contributed by atoms with van der Waals surface area (Å²) in [4.78, 5) is 0. The maximum Gasteiger partial charge on any atom is -0.0178 e. The lowest BCUT2D eigenvalue weighted by molar-refractivity contribution is 1.55. The summed E-state index contributed by atoms with van der Waals surface area (Å²) in [6.07, 6.45) is 0. The Bertz CT molecular complexity index is 930. The van der Waals surface area contributed by atoms with Crippen LogP contribution in [0.2, 0.25) is 0 Å². The van der Waals surface area contributed by atoms with Gasteiger partial charge in [-0.3, -0.25) is 0 Å². The highest BCUT2D eigenvalue weighted by atomic mass is 14.0. The van der Waals surface area contributed by atoms with E-state index in [0.29, 0.717) is 0 Å². The molecule has 0 aromatic heterocycles. The minimum atomic E-state index is 1.10. The van der Waals surface area contributed by atoms with E-state index in [2.05, 4.69) is 104 Å². The lowest BCUT2D eigenvalue weighted by Gasteiger charge is -2.04. The van der Waals surface area contributed by atoms with Gasteiger partial charge in [0.1, 0.15) is 0 Å². The van der Waals surface area contributed by atoms with Gasteiger partial charge in [-0.15, -0.1) is 0 Å². The number of rotatable bonds is 3. The molecule has 0 amide bonds. The monoisotopic (exact) mass is 348 g/mol. The minimum absolute atomic E-state index is 1.10. The molecule has 0 nitrogen and oxygen atoms in total. The van der Waals surface area contributed by atoms with E-state index < -0.39 is 0 Å². The van der Waals surface area contributed by atoms with Crippen LogP contribution in [0, 0.1) is 0 Å². The largest absolute Gasteiger partial charge is 0.0955 e. The first-order chi connectivity index (χ1) is 13.2. The Morgan fingerprint density at radius 2 is 0.852 bits per heavy atom. The fourth-order valence-electron chi connectivity index (χ4n) is 2.86. The molecule has 0 radical (unpaired) electrons. The average molecular weight is 348 g/mol. The van der Waals surface area contributed by atoms with Crippen LogP contribution >= 0.6 is 0 Å². The first-order valence-electron chi connectivity index (χ1n) is 9.16. The molecule has 132 valence electrons. The SMILES string of the molecule is C=C(C)c1cccc(-c2ccccc2)c1.c1ccc(-c2ccccc2)cc1. The van der Waals surface area contributed by atoms with Crippen LogP contribution in [-0.4, -0.2) is 0 Å². The van der Waals surface area contributed by atoms with Gasteiger partial charge in [0, 0.05) is 0 Å². The van der Waals surface area contributed by atoms with Crippen molar-refractivity contribution in [1.82, 2.24) is 0 Å². The molecule has 0 heteroatoms. The van der Waals surface area contributed by atoms with Crippen LogP contribution in [0.1, 0.15) is 12.5 Å². The summed E-state index contributed by atoms with van der Waals surface area (Å²) in [6.45, 7) is 5.99. The third-order valence-corrected chi connectivity index (χ3v) is 4.34. The molecule has 0 aliphatic carbocycles. The molecule has 4 aromatic carbocycles. The van der Waals surface area contributed by atoms with Crippen LogP contribution in [0.25, 0.3) is 27.8 Å². The molecule has 27 heavy (non-hydrogen) atoms. The Labute approximate surface area is 162 Å². The predicted octanol–water partition coefficient (Wildman–Crippen LogP) is 7.74. The van der Waals surface area contributed by atoms with Crippen molar-refractivity contribution in [3.63, 3.8) is 0 Å². The second-order valence-electron chi connectivity index (χ2n) is 6.46. The molecule has 0 N–H and O–H groups in total. The van der Waals surface area contributed by atoms with Crippen molar-refractivity contribution in [3.8, 4) is 22.3 Å². The van der Waals surface area contributed by atoms with Crippen molar-refractivity contribution >= 4 is 5.57 Å². The smallest absolute Gasteiger partial charge is 0.0178 e. The normalized spacial score (nSPS) is 9.81. The topological polar surface area (TPSA) is 0 Å². The lowest BCUT2D eigenvalue weighted by atomic mass is 10.0. The molecule has 0 bridgehead atoms. The van der Waals surface area contributed by atoms with Crippen LogP contribution in [0.15, 0.2) is 122 Å². The number of hydrogen-bond donors (Lipinski definition) is 0. The van der Waals surface area contributed by atoms with Gasteiger partial charge in [0.15, 0.2) is 0 Å². The van der Waals surface area contributed by atoms with E-state index in [4.69, 9.17) is 0 Å². The second kappa shape index (κ2) is 9.35. The summed E-state index contributed by atoms with van der Waals surface area (Å²) in [5.74, 6) is 0. The van der Waals surface area contributed by atoms with E-state index in [9.17, 15) is 0 Å². The summed E-state index contributed by atoms with van der Waals surface area (Å²) < 4.78 is 0. The Morgan fingerprint density at radius 1 is 0.481 bits per heavy atom. The summed E-state index contributed by atoms with van der Waals surface area (Å²) >= 11 is 0. The zero-order chi connectivity index (χ0) is 18.9. The van der Waals surface area contributed by atoms with Crippen molar-refractivity contribution in [3.05, 3.63) is 127 Å². The van der Waals surface area contributed by atoms with Gasteiger partial charge < -0.3 is 0 Å². The van der Waals surface area contributed by atoms with Gasteiger partial charge in [-0.05, 0) is 40.8 Å². The Hall–Kier alpha value is -3.38. The van der Waals surface area contributed by atoms with Crippen LogP contribution in [0.5, 0.6) is 0 Å². The van der Waals surface area contributed by atoms with Gasteiger partial charge >= 0.3 is 0 Å². The molecule has 0 heterocycles. The minimum Gasteiger partial charge on any atom is -0.0955 e. The zero-order valence-electron chi connectivity index (χ0n) is 15.7. The fourth-order valence-corrected chi connectivity index (χ4v) is 2.86. The van der Waals surface area contributed by atoms with Gasteiger partial charge in [0.05, 0.1) is 0 Å². The molecular weight excluding hydrogens is 324 g/mol. The van der Waals surface area contributed by atoms with Crippen LogP contribution in [-0.2, 0) is 0 Å². The lowest BCUT2D eigenvalue weighted by Crippen LogP contribution is -1.81. The Balaban J connectivity index is 0.000000159. The molecule has 0 fully saturated rings. The van der Waals surface area contributed by atoms with E-state index in [1.807, 2.05) is 25.1 Å². The molecule has 4 aromatic rings. The Kier molecular flexibility index (Phi) is 6.38. The van der Waals surface area contributed by atoms with E-state index in [0.717, 1.165) is 5.57 Å². The highest BCUT2D eigenvalue weighted by molar-refractivity contribution is 5.70. The van der Waals surface area contributed by atoms with Crippen LogP contribution < -0.4 is 0 Å². The van der Waals surface area contributed by atoms with Crippen LogP contribution in [0.4, 0.5) is 0 Å². The van der Waals surface area contributed by atoms with Gasteiger partial charge in [-0.1, -0.05) is 121 Å². The van der Waals surface area contributed by atoms with E-state index in [-0.39, 0.29) is 0 Å². The summed E-state index contributed by atoms with van der Waals surface area (Å²) in [5.41, 5.74) is 7.36. The number of benzene rings is 4. The molecular formula is C27H24. The van der Waals surface area contributed by atoms with Crippen molar-refractivity contribution in [1.29, 1.82) is 0 Å². The number of hydrogen-bond acceptors (Lipinski definition) is 0. The van der Waals surface area contributed by atoms with Gasteiger partial charge in [0.25, 0.3) is 0 Å². The van der Waals surface area contributed by atoms with Crippen molar-refractivity contribution in [2.75, 3.05) is 0 Å². The van der Waals surface area contributed by atoms with Crippen LogP contribution in [0.3, 0.4) is 0 Å². The maximum atomic E-state index is 3.96. The Morgan fingerprint density at radius 3 is 1.26 bits per heavy atom. The average Bonchev–Trinajstić information content (AvgIpc) is 2.76. The van der Waals surface area contributed by atoms with E-state index in [1.165, 1.54) is 27.8 Å². The van der Waals surface area contributed by atoms with Gasteiger partial charge in [-0.2, -0.15) is 0 Å². The highest BCUT2D eigenvalue weighted by Crippen LogP contribution is 2.22. The quantitative estimate of drug-likeness (QED) is 0.355. The molecule has 0 saturated heterocycles. The van der Waals surface area contributed by atoms with Crippen molar-refractivity contribution in [2.24, 2.45) is 0 Å². The third kappa shape index (κ3) is 5.29. The van der Waals surface area contributed by atoms with Crippen molar-refractivity contribution < 1.29 is 0 Å².